The molecule has 2 aromatic rings. The lowest BCUT2D eigenvalue weighted by Crippen LogP contribution is -2.17. The number of nitrogens with two attached hydrogens (primary N) is 1. The van der Waals surface area contributed by atoms with Crippen molar-refractivity contribution in [2.24, 2.45) is 0 Å². The minimum absolute atomic E-state index is 0.777. The highest BCUT2D eigenvalue weighted by Gasteiger charge is 2.16. The molecule has 0 radical (unpaired) electrons. The van der Waals surface area contributed by atoms with Crippen LogP contribution in [-0.4, -0.2) is 18.1 Å². The van der Waals surface area contributed by atoms with Gasteiger partial charge in [-0.05, 0) is 61.2 Å². The van der Waals surface area contributed by atoms with Gasteiger partial charge in [0.15, 0.2) is 0 Å². The third-order valence-electron chi connectivity index (χ3n) is 4.17. The van der Waals surface area contributed by atoms with Crippen LogP contribution in [0.3, 0.4) is 0 Å². The van der Waals surface area contributed by atoms with E-state index in [0.29, 0.717) is 0 Å². The Morgan fingerprint density at radius 2 is 1.55 bits per heavy atom. The summed E-state index contributed by atoms with van der Waals surface area (Å²) in [7, 11) is 0. The van der Waals surface area contributed by atoms with Crippen LogP contribution >= 0.6 is 0 Å². The topological polar surface area (TPSA) is 38.5 Å². The lowest BCUT2D eigenvalue weighted by molar-refractivity contribution is 0.265. The number of fused-ring (bicyclic) bond motifs is 1. The van der Waals surface area contributed by atoms with Crippen molar-refractivity contribution >= 4 is 5.69 Å². The summed E-state index contributed by atoms with van der Waals surface area (Å²) >= 11 is 0. The summed E-state index contributed by atoms with van der Waals surface area (Å²) in [6, 6.07) is 16.4. The Hall–Kier alpha value is -2.00. The molecule has 1 heterocycles. The molecule has 0 aliphatic carbocycles. The molecule has 3 nitrogen and oxygen atoms in total. The molecule has 1 aliphatic heterocycles. The van der Waals surface area contributed by atoms with Gasteiger partial charge in [-0.25, -0.2) is 0 Å². The van der Waals surface area contributed by atoms with Gasteiger partial charge in [0.2, 0.25) is 0 Å². The molecule has 0 atom stereocenters. The van der Waals surface area contributed by atoms with Crippen molar-refractivity contribution in [3.05, 3.63) is 59.7 Å². The zero-order valence-electron chi connectivity index (χ0n) is 13.0. The van der Waals surface area contributed by atoms with E-state index in [1.165, 1.54) is 30.5 Å². The van der Waals surface area contributed by atoms with Gasteiger partial charge in [0.1, 0.15) is 5.75 Å². The van der Waals surface area contributed by atoms with E-state index in [4.69, 9.17) is 10.5 Å². The van der Waals surface area contributed by atoms with Crippen LogP contribution in [-0.2, 0) is 13.1 Å². The second kappa shape index (κ2) is 7.32. The van der Waals surface area contributed by atoms with Crippen LogP contribution < -0.4 is 10.5 Å². The minimum Gasteiger partial charge on any atom is -0.494 e. The quantitative estimate of drug-likeness (QED) is 0.623. The fourth-order valence-electron chi connectivity index (χ4n) is 2.93. The molecule has 22 heavy (non-hydrogen) atoms. The number of unbranched alkanes of at least 4 members (excludes halogenated alkanes) is 2. The molecule has 3 heteroatoms. The van der Waals surface area contributed by atoms with Crippen LogP contribution in [0.1, 0.15) is 30.4 Å². The largest absolute Gasteiger partial charge is 0.494 e. The van der Waals surface area contributed by atoms with Crippen LogP contribution in [0.2, 0.25) is 0 Å². The molecule has 2 N–H and O–H groups in total. The fraction of sp³-hybridized carbons (Fsp3) is 0.368. The molecule has 2 aromatic carbocycles. The van der Waals surface area contributed by atoms with Gasteiger partial charge in [-0.1, -0.05) is 24.3 Å². The SMILES string of the molecule is Nc1ccc(OCCCCCN2Cc3ccccc3C2)cc1. The molecular weight excluding hydrogens is 272 g/mol. The van der Waals surface area contributed by atoms with Gasteiger partial charge in [-0.3, -0.25) is 4.90 Å². The van der Waals surface area contributed by atoms with Gasteiger partial charge in [-0.2, -0.15) is 0 Å². The second-order valence-corrected chi connectivity index (χ2v) is 5.96. The molecule has 0 saturated carbocycles. The highest BCUT2D eigenvalue weighted by molar-refractivity contribution is 5.41. The molecular formula is C19H24N2O. The van der Waals surface area contributed by atoms with E-state index < -0.39 is 0 Å². The van der Waals surface area contributed by atoms with Crippen molar-refractivity contribution in [3.8, 4) is 5.75 Å². The Bertz CT molecular complexity index is 570. The Labute approximate surface area is 132 Å². The van der Waals surface area contributed by atoms with E-state index in [1.807, 2.05) is 24.3 Å². The van der Waals surface area contributed by atoms with Crippen molar-refractivity contribution in [2.45, 2.75) is 32.4 Å². The third-order valence-corrected chi connectivity index (χ3v) is 4.17. The summed E-state index contributed by atoms with van der Waals surface area (Å²) in [5, 5.41) is 0. The van der Waals surface area contributed by atoms with E-state index in [0.717, 1.165) is 37.6 Å². The van der Waals surface area contributed by atoms with Gasteiger partial charge >= 0.3 is 0 Å². The average Bonchev–Trinajstić information content (AvgIpc) is 2.95. The summed E-state index contributed by atoms with van der Waals surface area (Å²) in [6.07, 6.45) is 3.55. The van der Waals surface area contributed by atoms with E-state index in [9.17, 15) is 0 Å². The van der Waals surface area contributed by atoms with Crippen LogP contribution in [0, 0.1) is 0 Å². The summed E-state index contributed by atoms with van der Waals surface area (Å²) in [5.74, 6) is 0.907. The Balaban J connectivity index is 1.28. The van der Waals surface area contributed by atoms with Crippen molar-refractivity contribution in [1.82, 2.24) is 4.90 Å². The maximum Gasteiger partial charge on any atom is 0.119 e. The fourth-order valence-corrected chi connectivity index (χ4v) is 2.93. The number of hydrogen-bond donors (Lipinski definition) is 1. The predicted molar refractivity (Wildman–Crippen MR) is 90.8 cm³/mol. The first-order valence-electron chi connectivity index (χ1n) is 8.09. The zero-order chi connectivity index (χ0) is 15.2. The summed E-state index contributed by atoms with van der Waals surface area (Å²) in [5.41, 5.74) is 9.42. The van der Waals surface area contributed by atoms with E-state index >= 15 is 0 Å². The first-order valence-corrected chi connectivity index (χ1v) is 8.09. The maximum atomic E-state index is 5.71. The summed E-state index contributed by atoms with van der Waals surface area (Å²) < 4.78 is 5.71. The first-order chi connectivity index (χ1) is 10.8. The smallest absolute Gasteiger partial charge is 0.119 e. The molecule has 116 valence electrons. The number of nitrogen functional groups attached to an aromatic ring is 1. The number of benzene rings is 2. The molecule has 0 bridgehead atoms. The van der Waals surface area contributed by atoms with Gasteiger partial charge < -0.3 is 10.5 Å². The second-order valence-electron chi connectivity index (χ2n) is 5.96. The summed E-state index contributed by atoms with van der Waals surface area (Å²) in [6.45, 7) is 4.18. The third kappa shape index (κ3) is 4.01. The van der Waals surface area contributed by atoms with Crippen LogP contribution in [0.15, 0.2) is 48.5 Å². The van der Waals surface area contributed by atoms with E-state index in [2.05, 4.69) is 29.2 Å². The molecule has 0 fully saturated rings. The van der Waals surface area contributed by atoms with Crippen LogP contribution in [0.4, 0.5) is 5.69 Å². The molecule has 0 spiro atoms. The van der Waals surface area contributed by atoms with Gasteiger partial charge in [0.05, 0.1) is 6.61 Å². The number of nitrogens with zero attached hydrogens (tertiary/aromatic N) is 1. The Morgan fingerprint density at radius 3 is 2.23 bits per heavy atom. The summed E-state index contributed by atoms with van der Waals surface area (Å²) in [4.78, 5) is 2.53. The Morgan fingerprint density at radius 1 is 0.864 bits per heavy atom. The first kappa shape index (κ1) is 14.9. The number of hydrogen-bond acceptors (Lipinski definition) is 3. The van der Waals surface area contributed by atoms with Crippen molar-refractivity contribution in [2.75, 3.05) is 18.9 Å². The van der Waals surface area contributed by atoms with E-state index in [-0.39, 0.29) is 0 Å². The average molecular weight is 296 g/mol. The van der Waals surface area contributed by atoms with Crippen molar-refractivity contribution in [3.63, 3.8) is 0 Å². The zero-order valence-corrected chi connectivity index (χ0v) is 13.0. The van der Waals surface area contributed by atoms with Crippen molar-refractivity contribution < 1.29 is 4.74 Å². The number of rotatable bonds is 7. The lowest BCUT2D eigenvalue weighted by atomic mass is 10.1. The molecule has 0 amide bonds. The maximum absolute atomic E-state index is 5.71. The molecule has 0 aromatic heterocycles. The monoisotopic (exact) mass is 296 g/mol. The van der Waals surface area contributed by atoms with Crippen LogP contribution in [0.5, 0.6) is 5.75 Å². The molecule has 3 rings (SSSR count). The van der Waals surface area contributed by atoms with Crippen molar-refractivity contribution in [1.29, 1.82) is 0 Å². The molecule has 0 unspecified atom stereocenters. The normalized spacial score (nSPS) is 14.0. The van der Waals surface area contributed by atoms with E-state index in [1.54, 1.807) is 0 Å². The standard InChI is InChI=1S/C19H24N2O/c20-18-8-10-19(11-9-18)22-13-5-1-4-12-21-14-16-6-2-3-7-17(16)15-21/h2-3,6-11H,1,4-5,12-15,20H2. The molecule has 1 aliphatic rings. The lowest BCUT2D eigenvalue weighted by Gasteiger charge is -2.14. The highest BCUT2D eigenvalue weighted by atomic mass is 16.5. The van der Waals surface area contributed by atoms with Gasteiger partial charge in [0.25, 0.3) is 0 Å². The van der Waals surface area contributed by atoms with Gasteiger partial charge in [-0.15, -0.1) is 0 Å². The predicted octanol–water partition coefficient (Wildman–Crippen LogP) is 3.83. The highest BCUT2D eigenvalue weighted by Crippen LogP contribution is 2.22. The molecule has 0 saturated heterocycles. The number of ether oxygens (including phenoxy) is 1. The minimum atomic E-state index is 0.777. The van der Waals surface area contributed by atoms with Crippen LogP contribution in [0.25, 0.3) is 0 Å². The Kier molecular flexibility index (Phi) is 4.96. The number of anilines is 1. The van der Waals surface area contributed by atoms with Gasteiger partial charge in [0, 0.05) is 18.8 Å².